The molecule has 4 heteroatoms. The van der Waals surface area contributed by atoms with Crippen molar-refractivity contribution >= 4 is 5.65 Å². The summed E-state index contributed by atoms with van der Waals surface area (Å²) < 4.78 is 7.82. The van der Waals surface area contributed by atoms with Crippen molar-refractivity contribution in [2.24, 2.45) is 0 Å². The molecule has 0 aliphatic carbocycles. The van der Waals surface area contributed by atoms with Gasteiger partial charge in [0.05, 0.1) is 30.0 Å². The molecule has 0 bridgehead atoms. The van der Waals surface area contributed by atoms with E-state index in [1.54, 1.807) is 0 Å². The van der Waals surface area contributed by atoms with E-state index in [2.05, 4.69) is 10.5 Å². The van der Waals surface area contributed by atoms with Gasteiger partial charge in [-0.1, -0.05) is 18.2 Å². The molecule has 0 aliphatic rings. The Morgan fingerprint density at radius 1 is 1.22 bits per heavy atom. The van der Waals surface area contributed by atoms with Gasteiger partial charge in [0.2, 0.25) is 0 Å². The molecule has 2 heterocycles. The number of ether oxygens (including phenoxy) is 1. The molecule has 2 aromatic heterocycles. The number of nitrogens with zero attached hydrogens (tertiary/aromatic N) is 3. The minimum absolute atomic E-state index is 0.268. The van der Waals surface area contributed by atoms with Gasteiger partial charge >= 0.3 is 0 Å². The van der Waals surface area contributed by atoms with Crippen molar-refractivity contribution in [3.63, 3.8) is 0 Å². The van der Waals surface area contributed by atoms with E-state index >= 15 is 0 Å². The van der Waals surface area contributed by atoms with Gasteiger partial charge in [-0.15, -0.1) is 0 Å². The van der Waals surface area contributed by atoms with Crippen LogP contribution < -0.4 is 4.74 Å². The monoisotopic (exact) mass is 305 g/mol. The van der Waals surface area contributed by atoms with Crippen LogP contribution in [0, 0.1) is 18.3 Å². The maximum absolute atomic E-state index is 9.48. The van der Waals surface area contributed by atoms with E-state index < -0.39 is 0 Å². The van der Waals surface area contributed by atoms with Gasteiger partial charge in [-0.3, -0.25) is 4.40 Å². The number of imidazole rings is 1. The SMILES string of the molecule is CCOc1ccccc1-c1nc2cccc(C)n2c1C(C)C#N. The third-order valence-electron chi connectivity index (χ3n) is 3.92. The highest BCUT2D eigenvalue weighted by atomic mass is 16.5. The molecule has 3 rings (SSSR count). The van der Waals surface area contributed by atoms with Crippen LogP contribution in [0.2, 0.25) is 0 Å². The summed E-state index contributed by atoms with van der Waals surface area (Å²) >= 11 is 0. The van der Waals surface area contributed by atoms with Gasteiger partial charge in [0.25, 0.3) is 0 Å². The predicted octanol–water partition coefficient (Wildman–Crippen LogP) is 4.34. The molecule has 4 nitrogen and oxygen atoms in total. The molecule has 1 unspecified atom stereocenters. The van der Waals surface area contributed by atoms with Crippen LogP contribution >= 0.6 is 0 Å². The second kappa shape index (κ2) is 6.13. The van der Waals surface area contributed by atoms with E-state index in [1.807, 2.05) is 63.2 Å². The van der Waals surface area contributed by atoms with E-state index in [1.165, 1.54) is 0 Å². The Kier molecular flexibility index (Phi) is 4.03. The van der Waals surface area contributed by atoms with Crippen LogP contribution in [-0.4, -0.2) is 16.0 Å². The Morgan fingerprint density at radius 3 is 2.74 bits per heavy atom. The Hall–Kier alpha value is -2.80. The van der Waals surface area contributed by atoms with Crippen LogP contribution in [0.25, 0.3) is 16.9 Å². The third-order valence-corrected chi connectivity index (χ3v) is 3.92. The number of hydrogen-bond donors (Lipinski definition) is 0. The van der Waals surface area contributed by atoms with Crippen LogP contribution in [0.3, 0.4) is 0 Å². The average Bonchev–Trinajstić information content (AvgIpc) is 2.95. The average molecular weight is 305 g/mol. The summed E-state index contributed by atoms with van der Waals surface area (Å²) in [6.45, 7) is 6.49. The number of aromatic nitrogens is 2. The van der Waals surface area contributed by atoms with Crippen molar-refractivity contribution in [1.29, 1.82) is 5.26 Å². The summed E-state index contributed by atoms with van der Waals surface area (Å²) in [4.78, 5) is 4.79. The minimum atomic E-state index is -0.268. The molecule has 116 valence electrons. The fraction of sp³-hybridized carbons (Fsp3) is 0.263. The first-order valence-electron chi connectivity index (χ1n) is 7.77. The molecule has 0 aliphatic heterocycles. The zero-order valence-electron chi connectivity index (χ0n) is 13.6. The highest BCUT2D eigenvalue weighted by Crippen LogP contribution is 2.35. The first-order valence-corrected chi connectivity index (χ1v) is 7.77. The summed E-state index contributed by atoms with van der Waals surface area (Å²) in [5, 5.41) is 9.48. The maximum atomic E-state index is 9.48. The fourth-order valence-corrected chi connectivity index (χ4v) is 2.88. The summed E-state index contributed by atoms with van der Waals surface area (Å²) in [6.07, 6.45) is 0. The first-order chi connectivity index (χ1) is 11.2. The van der Waals surface area contributed by atoms with Crippen molar-refractivity contribution in [1.82, 2.24) is 9.38 Å². The van der Waals surface area contributed by atoms with E-state index in [4.69, 9.17) is 9.72 Å². The van der Waals surface area contributed by atoms with Crippen molar-refractivity contribution in [2.45, 2.75) is 26.7 Å². The van der Waals surface area contributed by atoms with E-state index in [-0.39, 0.29) is 5.92 Å². The summed E-state index contributed by atoms with van der Waals surface area (Å²) in [7, 11) is 0. The molecular weight excluding hydrogens is 286 g/mol. The lowest BCUT2D eigenvalue weighted by Crippen LogP contribution is -2.02. The van der Waals surface area contributed by atoms with Gasteiger partial charge in [-0.25, -0.2) is 4.98 Å². The number of nitriles is 1. The number of para-hydroxylation sites is 1. The highest BCUT2D eigenvalue weighted by molar-refractivity contribution is 5.73. The number of aryl methyl sites for hydroxylation is 1. The molecule has 0 N–H and O–H groups in total. The summed E-state index contributed by atoms with van der Waals surface area (Å²) in [5.74, 6) is 0.526. The van der Waals surface area contributed by atoms with Gasteiger partial charge in [-0.05, 0) is 45.0 Å². The van der Waals surface area contributed by atoms with Gasteiger partial charge in [0.1, 0.15) is 11.4 Å². The molecule has 0 saturated carbocycles. The normalized spacial score (nSPS) is 12.1. The number of hydrogen-bond acceptors (Lipinski definition) is 3. The Balaban J connectivity index is 2.34. The number of pyridine rings is 1. The molecule has 0 radical (unpaired) electrons. The minimum Gasteiger partial charge on any atom is -0.493 e. The number of rotatable bonds is 4. The van der Waals surface area contributed by atoms with Crippen LogP contribution in [0.1, 0.15) is 31.2 Å². The van der Waals surface area contributed by atoms with Crippen molar-refractivity contribution in [3.05, 3.63) is 53.9 Å². The first kappa shape index (κ1) is 15.1. The molecule has 1 atom stereocenters. The van der Waals surface area contributed by atoms with E-state index in [9.17, 15) is 5.26 Å². The van der Waals surface area contributed by atoms with Gasteiger partial charge < -0.3 is 4.74 Å². The summed E-state index contributed by atoms with van der Waals surface area (Å²) in [6, 6.07) is 16.2. The molecule has 0 amide bonds. The zero-order valence-corrected chi connectivity index (χ0v) is 13.6. The molecule has 1 aromatic carbocycles. The largest absolute Gasteiger partial charge is 0.493 e. The van der Waals surface area contributed by atoms with Gasteiger partial charge in [0, 0.05) is 11.3 Å². The van der Waals surface area contributed by atoms with Gasteiger partial charge in [-0.2, -0.15) is 5.26 Å². The second-order valence-electron chi connectivity index (χ2n) is 5.49. The van der Waals surface area contributed by atoms with Crippen LogP contribution in [-0.2, 0) is 0 Å². The Bertz CT molecular complexity index is 889. The smallest absolute Gasteiger partial charge is 0.137 e. The molecular formula is C19H19N3O. The maximum Gasteiger partial charge on any atom is 0.137 e. The second-order valence-corrected chi connectivity index (χ2v) is 5.49. The zero-order chi connectivity index (χ0) is 16.4. The number of benzene rings is 1. The van der Waals surface area contributed by atoms with Crippen LogP contribution in [0.5, 0.6) is 5.75 Å². The molecule has 0 saturated heterocycles. The van der Waals surface area contributed by atoms with E-state index in [0.717, 1.165) is 34.0 Å². The standard InChI is InChI=1S/C19H19N3O/c1-4-23-16-10-6-5-9-15(16)18-19(13(2)12-20)22-14(3)8-7-11-17(22)21-18/h5-11,13H,4H2,1-3H3. The number of fused-ring (bicyclic) bond motifs is 1. The lowest BCUT2D eigenvalue weighted by atomic mass is 10.0. The Morgan fingerprint density at radius 2 is 2.00 bits per heavy atom. The van der Waals surface area contributed by atoms with Crippen molar-refractivity contribution in [2.75, 3.05) is 6.61 Å². The molecule has 0 spiro atoms. The van der Waals surface area contributed by atoms with Crippen molar-refractivity contribution < 1.29 is 4.74 Å². The molecule has 3 aromatic rings. The van der Waals surface area contributed by atoms with E-state index in [0.29, 0.717) is 6.61 Å². The van der Waals surface area contributed by atoms with Gasteiger partial charge in [0.15, 0.2) is 0 Å². The third kappa shape index (κ3) is 2.55. The van der Waals surface area contributed by atoms with Crippen molar-refractivity contribution in [3.8, 4) is 23.1 Å². The Labute approximate surface area is 136 Å². The molecule has 23 heavy (non-hydrogen) atoms. The lowest BCUT2D eigenvalue weighted by molar-refractivity contribution is 0.341. The quantitative estimate of drug-likeness (QED) is 0.720. The van der Waals surface area contributed by atoms with Crippen LogP contribution in [0.15, 0.2) is 42.5 Å². The fourth-order valence-electron chi connectivity index (χ4n) is 2.88. The predicted molar refractivity (Wildman–Crippen MR) is 90.6 cm³/mol. The highest BCUT2D eigenvalue weighted by Gasteiger charge is 2.22. The topological polar surface area (TPSA) is 50.3 Å². The lowest BCUT2D eigenvalue weighted by Gasteiger charge is -2.12. The molecule has 0 fully saturated rings. The summed E-state index contributed by atoms with van der Waals surface area (Å²) in [5.41, 5.74) is 4.57. The van der Waals surface area contributed by atoms with Crippen LogP contribution in [0.4, 0.5) is 0 Å².